The van der Waals surface area contributed by atoms with Gasteiger partial charge in [-0.1, -0.05) is 11.6 Å². The molecule has 0 unspecified atom stereocenters. The average Bonchev–Trinajstić information content (AvgIpc) is 2.51. The van der Waals surface area contributed by atoms with Gasteiger partial charge in [0.25, 0.3) is 0 Å². The molecule has 14 heavy (non-hydrogen) atoms. The van der Waals surface area contributed by atoms with Crippen LogP contribution >= 0.6 is 11.6 Å². The molecule has 1 aromatic rings. The Labute approximate surface area is 87.7 Å². The Morgan fingerprint density at radius 1 is 1.57 bits per heavy atom. The Bertz CT molecular complexity index is 381. The van der Waals surface area contributed by atoms with Crippen LogP contribution in [0.2, 0.25) is 0 Å². The van der Waals surface area contributed by atoms with Gasteiger partial charge in [-0.3, -0.25) is 4.99 Å². The van der Waals surface area contributed by atoms with Gasteiger partial charge in [0.1, 0.15) is 18.2 Å². The summed E-state index contributed by atoms with van der Waals surface area (Å²) >= 11 is 5.82. The molecule has 0 amide bonds. The summed E-state index contributed by atoms with van der Waals surface area (Å²) in [5.74, 6) is 1.86. The predicted octanol–water partition coefficient (Wildman–Crippen LogP) is 2.51. The monoisotopic (exact) mass is 210 g/mol. The minimum Gasteiger partial charge on any atom is -0.464 e. The van der Waals surface area contributed by atoms with Gasteiger partial charge in [0, 0.05) is 12.4 Å². The summed E-state index contributed by atoms with van der Waals surface area (Å²) < 4.78 is 5.46. The molecule has 0 aliphatic carbocycles. The normalized spacial score (nSPS) is 15.9. The maximum absolute atomic E-state index is 5.82. The summed E-state index contributed by atoms with van der Waals surface area (Å²) in [5, 5.41) is 0.652. The maximum atomic E-state index is 5.82. The fourth-order valence-corrected chi connectivity index (χ4v) is 1.55. The van der Waals surface area contributed by atoms with Crippen molar-refractivity contribution in [2.45, 2.75) is 13.5 Å². The smallest absolute Gasteiger partial charge is 0.123 e. The number of furan rings is 1. The number of hydrogen-bond acceptors (Lipinski definition) is 3. The molecule has 1 aliphatic rings. The lowest BCUT2D eigenvalue weighted by molar-refractivity contribution is 0.331. The maximum Gasteiger partial charge on any atom is 0.123 e. The van der Waals surface area contributed by atoms with Crippen molar-refractivity contribution in [3.05, 3.63) is 34.9 Å². The van der Waals surface area contributed by atoms with Crippen molar-refractivity contribution in [3.8, 4) is 0 Å². The molecule has 1 aromatic heterocycles. The Hall–Kier alpha value is -1.22. The van der Waals surface area contributed by atoms with Gasteiger partial charge in [-0.05, 0) is 19.1 Å². The third-order valence-corrected chi connectivity index (χ3v) is 2.13. The molecule has 3 nitrogen and oxygen atoms in total. The van der Waals surface area contributed by atoms with Crippen LogP contribution in [0.4, 0.5) is 0 Å². The number of halogens is 1. The first kappa shape index (κ1) is 9.34. The molecular weight excluding hydrogens is 200 g/mol. The zero-order chi connectivity index (χ0) is 9.97. The van der Waals surface area contributed by atoms with E-state index in [2.05, 4.69) is 4.99 Å². The minimum absolute atomic E-state index is 0.635. The Balaban J connectivity index is 2.02. The molecule has 2 heterocycles. The molecule has 74 valence electrons. The van der Waals surface area contributed by atoms with E-state index in [1.807, 2.05) is 30.2 Å². The summed E-state index contributed by atoms with van der Waals surface area (Å²) in [4.78, 5) is 6.10. The minimum atomic E-state index is 0.635. The number of rotatable bonds is 2. The van der Waals surface area contributed by atoms with E-state index in [1.54, 1.807) is 6.21 Å². The van der Waals surface area contributed by atoms with Gasteiger partial charge in [-0.15, -0.1) is 0 Å². The molecule has 4 heteroatoms. The number of nitrogens with zero attached hydrogens (tertiary/aromatic N) is 2. The zero-order valence-corrected chi connectivity index (χ0v) is 8.66. The molecule has 0 saturated heterocycles. The highest BCUT2D eigenvalue weighted by Crippen LogP contribution is 2.13. The highest BCUT2D eigenvalue weighted by atomic mass is 35.5. The molecule has 0 bridgehead atoms. The molecule has 0 saturated carbocycles. The van der Waals surface area contributed by atoms with E-state index in [0.29, 0.717) is 18.2 Å². The zero-order valence-electron chi connectivity index (χ0n) is 7.90. The molecule has 0 fully saturated rings. The molecule has 0 atom stereocenters. The SMILES string of the molecule is Cc1ccc(CN2C=C(Cl)C=NC2)o1. The molecule has 0 spiro atoms. The Morgan fingerprint density at radius 3 is 3.07 bits per heavy atom. The highest BCUT2D eigenvalue weighted by molar-refractivity contribution is 6.39. The summed E-state index contributed by atoms with van der Waals surface area (Å²) in [5.41, 5.74) is 0. The van der Waals surface area contributed by atoms with Crippen LogP contribution in [-0.2, 0) is 6.54 Å². The number of aryl methyl sites for hydroxylation is 1. The molecule has 2 rings (SSSR count). The van der Waals surface area contributed by atoms with Crippen LogP contribution in [0.1, 0.15) is 11.5 Å². The largest absolute Gasteiger partial charge is 0.464 e. The van der Waals surface area contributed by atoms with Gasteiger partial charge in [-0.2, -0.15) is 0 Å². The van der Waals surface area contributed by atoms with E-state index in [9.17, 15) is 0 Å². The fourth-order valence-electron chi connectivity index (χ4n) is 1.35. The van der Waals surface area contributed by atoms with E-state index >= 15 is 0 Å². The van der Waals surface area contributed by atoms with Crippen molar-refractivity contribution in [2.24, 2.45) is 4.99 Å². The molecule has 0 N–H and O–H groups in total. The molecule has 0 radical (unpaired) electrons. The first-order valence-electron chi connectivity index (χ1n) is 4.40. The third kappa shape index (κ3) is 2.17. The van der Waals surface area contributed by atoms with E-state index in [-0.39, 0.29) is 0 Å². The van der Waals surface area contributed by atoms with Crippen molar-refractivity contribution in [2.75, 3.05) is 6.67 Å². The van der Waals surface area contributed by atoms with Gasteiger partial charge < -0.3 is 9.32 Å². The van der Waals surface area contributed by atoms with Crippen molar-refractivity contribution in [3.63, 3.8) is 0 Å². The second-order valence-electron chi connectivity index (χ2n) is 3.23. The van der Waals surface area contributed by atoms with Crippen LogP contribution in [0.5, 0.6) is 0 Å². The summed E-state index contributed by atoms with van der Waals surface area (Å²) in [6.07, 6.45) is 3.53. The van der Waals surface area contributed by atoms with Crippen molar-refractivity contribution in [1.29, 1.82) is 0 Å². The van der Waals surface area contributed by atoms with Gasteiger partial charge in [0.2, 0.25) is 0 Å². The van der Waals surface area contributed by atoms with Crippen molar-refractivity contribution < 1.29 is 4.42 Å². The van der Waals surface area contributed by atoms with Gasteiger partial charge in [0.15, 0.2) is 0 Å². The van der Waals surface area contributed by atoms with Crippen molar-refractivity contribution in [1.82, 2.24) is 4.90 Å². The standard InChI is InChI=1S/C10H11ClN2O/c1-8-2-3-10(14-8)6-13-5-9(11)4-12-7-13/h2-5H,6-7H2,1H3. The summed E-state index contributed by atoms with van der Waals surface area (Å²) in [7, 11) is 0. The Morgan fingerprint density at radius 2 is 2.43 bits per heavy atom. The number of aliphatic imine (C=N–C) groups is 1. The fraction of sp³-hybridized carbons (Fsp3) is 0.300. The van der Waals surface area contributed by atoms with Gasteiger partial charge >= 0.3 is 0 Å². The predicted molar refractivity (Wildman–Crippen MR) is 56.3 cm³/mol. The van der Waals surface area contributed by atoms with Crippen LogP contribution in [0, 0.1) is 6.92 Å². The lowest BCUT2D eigenvalue weighted by atomic mass is 10.4. The van der Waals surface area contributed by atoms with E-state index in [0.717, 1.165) is 11.5 Å². The highest BCUT2D eigenvalue weighted by Gasteiger charge is 2.07. The third-order valence-electron chi connectivity index (χ3n) is 1.94. The first-order chi connectivity index (χ1) is 6.74. The number of allylic oxidation sites excluding steroid dienone is 1. The summed E-state index contributed by atoms with van der Waals surface area (Å²) in [6.45, 7) is 3.28. The molecular formula is C10H11ClN2O. The van der Waals surface area contributed by atoms with Crippen LogP contribution in [0.15, 0.2) is 32.8 Å². The van der Waals surface area contributed by atoms with Gasteiger partial charge in [0.05, 0.1) is 11.6 Å². The average molecular weight is 211 g/mol. The van der Waals surface area contributed by atoms with Crippen LogP contribution in [-0.4, -0.2) is 17.8 Å². The van der Waals surface area contributed by atoms with Gasteiger partial charge in [-0.25, -0.2) is 0 Å². The lowest BCUT2D eigenvalue weighted by Gasteiger charge is -2.19. The van der Waals surface area contributed by atoms with Crippen LogP contribution in [0.3, 0.4) is 0 Å². The lowest BCUT2D eigenvalue weighted by Crippen LogP contribution is -2.19. The van der Waals surface area contributed by atoms with Crippen LogP contribution < -0.4 is 0 Å². The Kier molecular flexibility index (Phi) is 2.59. The van der Waals surface area contributed by atoms with Crippen molar-refractivity contribution >= 4 is 17.8 Å². The summed E-state index contributed by atoms with van der Waals surface area (Å²) in [6, 6.07) is 3.92. The topological polar surface area (TPSA) is 28.7 Å². The number of hydrogen-bond donors (Lipinski definition) is 0. The first-order valence-corrected chi connectivity index (χ1v) is 4.78. The quantitative estimate of drug-likeness (QED) is 0.751. The van der Waals surface area contributed by atoms with E-state index in [4.69, 9.17) is 16.0 Å². The van der Waals surface area contributed by atoms with E-state index < -0.39 is 0 Å². The molecule has 1 aliphatic heterocycles. The van der Waals surface area contributed by atoms with Crippen LogP contribution in [0.25, 0.3) is 0 Å². The van der Waals surface area contributed by atoms with E-state index in [1.165, 1.54) is 0 Å². The molecule has 0 aromatic carbocycles. The second kappa shape index (κ2) is 3.88. The second-order valence-corrected chi connectivity index (χ2v) is 3.66.